The molecule has 0 aliphatic rings. The number of benzene rings is 1. The summed E-state index contributed by atoms with van der Waals surface area (Å²) in [5.74, 6) is 0.0694. The molecule has 0 spiro atoms. The van der Waals surface area contributed by atoms with Crippen molar-refractivity contribution in [3.8, 4) is 0 Å². The number of carbonyl (C=O) groups excluding carboxylic acids is 1. The third kappa shape index (κ3) is 3.86. The molecule has 1 aromatic heterocycles. The maximum absolute atomic E-state index is 12.1. The molecule has 4 nitrogen and oxygen atoms in total. The Morgan fingerprint density at radius 2 is 2.05 bits per heavy atom. The lowest BCUT2D eigenvalue weighted by Gasteiger charge is -2.15. The fourth-order valence-corrected chi connectivity index (χ4v) is 2.11. The molecule has 2 aromatic rings. The summed E-state index contributed by atoms with van der Waals surface area (Å²) < 4.78 is 4.75. The minimum Gasteiger partial charge on any atom is -0.364 e. The SMILES string of the molecule is CSc1ccc(CC(=O)N(C)Cc2ccon2)cc1. The number of likely N-dealkylation sites (N-methyl/N-ethyl adjacent to an activating group) is 1. The van der Waals surface area contributed by atoms with Crippen molar-refractivity contribution in [2.24, 2.45) is 0 Å². The maximum Gasteiger partial charge on any atom is 0.227 e. The van der Waals surface area contributed by atoms with E-state index in [1.807, 2.05) is 30.5 Å². The number of aromatic nitrogens is 1. The molecule has 0 aliphatic carbocycles. The molecule has 1 aromatic carbocycles. The predicted octanol–water partition coefficient (Wildman–Crippen LogP) is 2.60. The lowest BCUT2D eigenvalue weighted by atomic mass is 10.1. The summed E-state index contributed by atoms with van der Waals surface area (Å²) >= 11 is 1.69. The van der Waals surface area contributed by atoms with Gasteiger partial charge in [0, 0.05) is 18.0 Å². The maximum atomic E-state index is 12.1. The Balaban J connectivity index is 1.92. The predicted molar refractivity (Wildman–Crippen MR) is 74.9 cm³/mol. The van der Waals surface area contributed by atoms with Gasteiger partial charge >= 0.3 is 0 Å². The van der Waals surface area contributed by atoms with Gasteiger partial charge in [-0.15, -0.1) is 11.8 Å². The third-order valence-corrected chi connectivity index (χ3v) is 3.57. The highest BCUT2D eigenvalue weighted by molar-refractivity contribution is 7.98. The van der Waals surface area contributed by atoms with Crippen LogP contribution in [0, 0.1) is 0 Å². The largest absolute Gasteiger partial charge is 0.364 e. The summed E-state index contributed by atoms with van der Waals surface area (Å²) in [5, 5.41) is 3.80. The van der Waals surface area contributed by atoms with Crippen molar-refractivity contribution in [3.05, 3.63) is 47.9 Å². The topological polar surface area (TPSA) is 46.3 Å². The number of rotatable bonds is 5. The van der Waals surface area contributed by atoms with Gasteiger partial charge in [0.25, 0.3) is 0 Å². The van der Waals surface area contributed by atoms with Crippen LogP contribution in [0.25, 0.3) is 0 Å². The van der Waals surface area contributed by atoms with Gasteiger partial charge < -0.3 is 9.42 Å². The number of hydrogen-bond donors (Lipinski definition) is 0. The second kappa shape index (κ2) is 6.43. The van der Waals surface area contributed by atoms with Gasteiger partial charge in [-0.25, -0.2) is 0 Å². The minimum atomic E-state index is 0.0694. The Morgan fingerprint density at radius 3 is 2.63 bits per heavy atom. The van der Waals surface area contributed by atoms with E-state index < -0.39 is 0 Å². The number of hydrogen-bond acceptors (Lipinski definition) is 4. The molecule has 0 saturated carbocycles. The van der Waals surface area contributed by atoms with Crippen LogP contribution in [-0.2, 0) is 17.8 Å². The van der Waals surface area contributed by atoms with E-state index in [-0.39, 0.29) is 5.91 Å². The van der Waals surface area contributed by atoms with Crippen molar-refractivity contribution >= 4 is 17.7 Å². The molecule has 19 heavy (non-hydrogen) atoms. The fourth-order valence-electron chi connectivity index (χ4n) is 1.70. The Bertz CT molecular complexity index is 523. The van der Waals surface area contributed by atoms with E-state index in [0.717, 1.165) is 11.3 Å². The zero-order valence-corrected chi connectivity index (χ0v) is 11.8. The normalized spacial score (nSPS) is 10.4. The van der Waals surface area contributed by atoms with Crippen molar-refractivity contribution in [1.29, 1.82) is 0 Å². The highest BCUT2D eigenvalue weighted by Crippen LogP contribution is 2.15. The second-order valence-corrected chi connectivity index (χ2v) is 5.15. The Kier molecular flexibility index (Phi) is 4.63. The zero-order valence-electron chi connectivity index (χ0n) is 11.0. The minimum absolute atomic E-state index is 0.0694. The second-order valence-electron chi connectivity index (χ2n) is 4.27. The van der Waals surface area contributed by atoms with Crippen LogP contribution in [0.15, 0.2) is 46.0 Å². The average Bonchev–Trinajstić information content (AvgIpc) is 2.92. The first-order chi connectivity index (χ1) is 9.19. The lowest BCUT2D eigenvalue weighted by Crippen LogP contribution is -2.27. The highest BCUT2D eigenvalue weighted by atomic mass is 32.2. The van der Waals surface area contributed by atoms with Gasteiger partial charge in [-0.2, -0.15) is 0 Å². The third-order valence-electron chi connectivity index (χ3n) is 2.83. The van der Waals surface area contributed by atoms with Gasteiger partial charge in [0.1, 0.15) is 12.0 Å². The van der Waals surface area contributed by atoms with E-state index in [9.17, 15) is 4.79 Å². The quantitative estimate of drug-likeness (QED) is 0.788. The smallest absolute Gasteiger partial charge is 0.227 e. The molecule has 0 N–H and O–H groups in total. The average molecular weight is 276 g/mol. The molecular formula is C14H16N2O2S. The van der Waals surface area contributed by atoms with Crippen LogP contribution >= 0.6 is 11.8 Å². The van der Waals surface area contributed by atoms with E-state index in [0.29, 0.717) is 13.0 Å². The highest BCUT2D eigenvalue weighted by Gasteiger charge is 2.11. The fraction of sp³-hybridized carbons (Fsp3) is 0.286. The molecule has 100 valence electrons. The summed E-state index contributed by atoms with van der Waals surface area (Å²) in [6.07, 6.45) is 3.95. The summed E-state index contributed by atoms with van der Waals surface area (Å²) in [6.45, 7) is 0.470. The molecule has 2 rings (SSSR count). The summed E-state index contributed by atoms with van der Waals surface area (Å²) in [6, 6.07) is 9.81. The van der Waals surface area contributed by atoms with E-state index in [2.05, 4.69) is 5.16 Å². The molecule has 1 heterocycles. The van der Waals surface area contributed by atoms with E-state index in [4.69, 9.17) is 4.52 Å². The number of thioether (sulfide) groups is 1. The molecule has 1 amide bonds. The number of amides is 1. The molecule has 0 atom stereocenters. The van der Waals surface area contributed by atoms with Gasteiger partial charge in [-0.05, 0) is 24.0 Å². The molecule has 0 saturated heterocycles. The molecule has 0 fully saturated rings. The van der Waals surface area contributed by atoms with Crippen molar-refractivity contribution in [2.75, 3.05) is 13.3 Å². The van der Waals surface area contributed by atoms with Crippen LogP contribution in [0.1, 0.15) is 11.3 Å². The van der Waals surface area contributed by atoms with Crippen LogP contribution in [0.3, 0.4) is 0 Å². The first-order valence-corrected chi connectivity index (χ1v) is 7.17. The van der Waals surface area contributed by atoms with Crippen molar-refractivity contribution in [3.63, 3.8) is 0 Å². The van der Waals surface area contributed by atoms with E-state index in [1.165, 1.54) is 11.2 Å². The first kappa shape index (κ1) is 13.7. The number of carbonyl (C=O) groups is 1. The van der Waals surface area contributed by atoms with Gasteiger partial charge in [-0.1, -0.05) is 17.3 Å². The van der Waals surface area contributed by atoms with Crippen LogP contribution in [0.5, 0.6) is 0 Å². The van der Waals surface area contributed by atoms with Gasteiger partial charge in [0.05, 0.1) is 13.0 Å². The Labute approximate surface area is 116 Å². The van der Waals surface area contributed by atoms with Gasteiger partial charge in [-0.3, -0.25) is 4.79 Å². The van der Waals surface area contributed by atoms with Gasteiger partial charge in [0.15, 0.2) is 0 Å². The zero-order chi connectivity index (χ0) is 13.7. The molecular weight excluding hydrogens is 260 g/mol. The summed E-state index contributed by atoms with van der Waals surface area (Å²) in [4.78, 5) is 14.9. The van der Waals surface area contributed by atoms with E-state index in [1.54, 1.807) is 29.8 Å². The monoisotopic (exact) mass is 276 g/mol. The van der Waals surface area contributed by atoms with Crippen LogP contribution in [-0.4, -0.2) is 29.3 Å². The molecule has 0 radical (unpaired) electrons. The summed E-state index contributed by atoms with van der Waals surface area (Å²) in [5.41, 5.74) is 1.78. The molecule has 5 heteroatoms. The van der Waals surface area contributed by atoms with Crippen LogP contribution < -0.4 is 0 Å². The standard InChI is InChI=1S/C14H16N2O2S/c1-16(10-12-7-8-18-15-12)14(17)9-11-3-5-13(19-2)6-4-11/h3-8H,9-10H2,1-2H3. The lowest BCUT2D eigenvalue weighted by molar-refractivity contribution is -0.129. The van der Waals surface area contributed by atoms with Gasteiger partial charge in [0.2, 0.25) is 5.91 Å². The number of nitrogens with zero attached hydrogens (tertiary/aromatic N) is 2. The van der Waals surface area contributed by atoms with Crippen molar-refractivity contribution in [2.45, 2.75) is 17.9 Å². The van der Waals surface area contributed by atoms with E-state index >= 15 is 0 Å². The Hall–Kier alpha value is -1.75. The first-order valence-electron chi connectivity index (χ1n) is 5.95. The van der Waals surface area contributed by atoms with Crippen LogP contribution in [0.2, 0.25) is 0 Å². The molecule has 0 bridgehead atoms. The Morgan fingerprint density at radius 1 is 1.32 bits per heavy atom. The summed E-state index contributed by atoms with van der Waals surface area (Å²) in [7, 11) is 1.77. The van der Waals surface area contributed by atoms with Crippen LogP contribution in [0.4, 0.5) is 0 Å². The molecule has 0 aliphatic heterocycles. The van der Waals surface area contributed by atoms with Crippen molar-refractivity contribution in [1.82, 2.24) is 10.1 Å². The molecule has 0 unspecified atom stereocenters. The van der Waals surface area contributed by atoms with Crippen molar-refractivity contribution < 1.29 is 9.32 Å².